The van der Waals surface area contributed by atoms with Crippen molar-refractivity contribution in [3.8, 4) is 0 Å². The molecule has 2 heterocycles. The first-order chi connectivity index (χ1) is 13.7. The molecule has 3 N–H and O–H groups in total. The van der Waals surface area contributed by atoms with Gasteiger partial charge in [-0.1, -0.05) is 24.3 Å². The average Bonchev–Trinajstić information content (AvgIpc) is 2.73. The van der Waals surface area contributed by atoms with Gasteiger partial charge in [0.05, 0.1) is 12.5 Å². The van der Waals surface area contributed by atoms with E-state index in [4.69, 9.17) is 0 Å². The summed E-state index contributed by atoms with van der Waals surface area (Å²) < 4.78 is 0. The minimum absolute atomic E-state index is 0.0856. The number of aromatic nitrogens is 2. The Bertz CT molecular complexity index is 855. The van der Waals surface area contributed by atoms with Crippen molar-refractivity contribution in [1.29, 1.82) is 0 Å². The molecule has 2 aromatic heterocycles. The number of aliphatic hydroxyl groups is 1. The summed E-state index contributed by atoms with van der Waals surface area (Å²) in [5.74, 6) is -0.0856. The van der Waals surface area contributed by atoms with Gasteiger partial charge in [0, 0.05) is 42.1 Å². The van der Waals surface area contributed by atoms with Gasteiger partial charge in [0.15, 0.2) is 0 Å². The van der Waals surface area contributed by atoms with Gasteiger partial charge in [0.1, 0.15) is 0 Å². The number of amides is 1. The van der Waals surface area contributed by atoms with Crippen molar-refractivity contribution in [2.45, 2.75) is 18.9 Å². The highest BCUT2D eigenvalue weighted by Gasteiger charge is 2.07. The van der Waals surface area contributed by atoms with Crippen LogP contribution in [0.2, 0.25) is 0 Å². The van der Waals surface area contributed by atoms with Crippen LogP contribution in [0.15, 0.2) is 73.2 Å². The van der Waals surface area contributed by atoms with Crippen LogP contribution in [0.4, 0.5) is 5.69 Å². The monoisotopic (exact) mass is 376 g/mol. The first-order valence-corrected chi connectivity index (χ1v) is 9.28. The molecule has 144 valence electrons. The summed E-state index contributed by atoms with van der Waals surface area (Å²) in [5, 5.41) is 16.2. The Morgan fingerprint density at radius 3 is 2.61 bits per heavy atom. The van der Waals surface area contributed by atoms with Crippen LogP contribution in [-0.4, -0.2) is 34.1 Å². The Hall–Kier alpha value is -3.09. The third kappa shape index (κ3) is 6.26. The lowest BCUT2D eigenvalue weighted by Crippen LogP contribution is -2.23. The molecule has 1 amide bonds. The fourth-order valence-electron chi connectivity index (χ4n) is 2.79. The fraction of sp³-hybridized carbons (Fsp3) is 0.227. The minimum Gasteiger partial charge on any atom is -0.387 e. The molecule has 3 rings (SSSR count). The molecule has 0 aliphatic carbocycles. The maximum absolute atomic E-state index is 12.1. The molecule has 6 heteroatoms. The second-order valence-electron chi connectivity index (χ2n) is 6.50. The molecule has 0 radical (unpaired) electrons. The first-order valence-electron chi connectivity index (χ1n) is 9.28. The van der Waals surface area contributed by atoms with Crippen LogP contribution < -0.4 is 10.6 Å². The number of pyridine rings is 2. The van der Waals surface area contributed by atoms with Gasteiger partial charge in [0.25, 0.3) is 0 Å². The Balaban J connectivity index is 1.39. The van der Waals surface area contributed by atoms with Gasteiger partial charge < -0.3 is 15.7 Å². The number of hydrogen-bond acceptors (Lipinski definition) is 5. The third-order valence-electron chi connectivity index (χ3n) is 4.30. The van der Waals surface area contributed by atoms with E-state index in [2.05, 4.69) is 20.6 Å². The summed E-state index contributed by atoms with van der Waals surface area (Å²) in [7, 11) is 0. The lowest BCUT2D eigenvalue weighted by molar-refractivity contribution is -0.115. The molecule has 0 aliphatic heterocycles. The quantitative estimate of drug-likeness (QED) is 0.500. The molecule has 0 saturated heterocycles. The summed E-state index contributed by atoms with van der Waals surface area (Å²) in [5.41, 5.74) is 3.48. The zero-order chi connectivity index (χ0) is 19.6. The molecule has 28 heavy (non-hydrogen) atoms. The minimum atomic E-state index is -0.564. The molecule has 0 saturated carbocycles. The standard InChI is InChI=1S/C22H24N4O2/c27-21(18-4-3-11-23-15-18)16-24-13-10-17-6-8-19(9-7-17)26-22(28)14-20-5-1-2-12-25-20/h1-9,11-12,15,21,24,27H,10,13-14,16H2,(H,26,28). The number of nitrogens with one attached hydrogen (secondary N) is 2. The van der Waals surface area contributed by atoms with Crippen molar-refractivity contribution in [3.63, 3.8) is 0 Å². The summed E-state index contributed by atoms with van der Waals surface area (Å²) in [6, 6.07) is 17.0. The first kappa shape index (κ1) is 19.7. The van der Waals surface area contributed by atoms with E-state index in [1.54, 1.807) is 18.6 Å². The Morgan fingerprint density at radius 2 is 1.89 bits per heavy atom. The van der Waals surface area contributed by atoms with Gasteiger partial charge >= 0.3 is 0 Å². The molecular formula is C22H24N4O2. The Morgan fingerprint density at radius 1 is 1.04 bits per heavy atom. The van der Waals surface area contributed by atoms with Gasteiger partial charge in [0.2, 0.25) is 5.91 Å². The largest absolute Gasteiger partial charge is 0.387 e. The third-order valence-corrected chi connectivity index (χ3v) is 4.30. The average molecular weight is 376 g/mol. The molecule has 3 aromatic rings. The number of aliphatic hydroxyl groups excluding tert-OH is 1. The summed E-state index contributed by atoms with van der Waals surface area (Å²) in [4.78, 5) is 20.2. The smallest absolute Gasteiger partial charge is 0.230 e. The van der Waals surface area contributed by atoms with Crippen LogP contribution >= 0.6 is 0 Å². The summed E-state index contributed by atoms with van der Waals surface area (Å²) in [6.07, 6.45) is 5.57. The van der Waals surface area contributed by atoms with E-state index in [1.807, 2.05) is 54.6 Å². The second kappa shape index (κ2) is 10.3. The van der Waals surface area contributed by atoms with Crippen molar-refractivity contribution >= 4 is 11.6 Å². The summed E-state index contributed by atoms with van der Waals surface area (Å²) in [6.45, 7) is 1.23. The molecule has 0 bridgehead atoms. The van der Waals surface area contributed by atoms with E-state index < -0.39 is 6.10 Å². The van der Waals surface area contributed by atoms with E-state index in [0.717, 1.165) is 35.5 Å². The predicted molar refractivity (Wildman–Crippen MR) is 109 cm³/mol. The van der Waals surface area contributed by atoms with Gasteiger partial charge in [-0.15, -0.1) is 0 Å². The zero-order valence-electron chi connectivity index (χ0n) is 15.6. The van der Waals surface area contributed by atoms with Crippen LogP contribution in [0.5, 0.6) is 0 Å². The number of hydrogen-bond donors (Lipinski definition) is 3. The molecular weight excluding hydrogens is 352 g/mol. The maximum atomic E-state index is 12.1. The fourth-order valence-corrected chi connectivity index (χ4v) is 2.79. The van der Waals surface area contributed by atoms with Crippen molar-refractivity contribution < 1.29 is 9.90 Å². The highest BCUT2D eigenvalue weighted by molar-refractivity contribution is 5.91. The number of benzene rings is 1. The van der Waals surface area contributed by atoms with Crippen LogP contribution in [0.25, 0.3) is 0 Å². The lowest BCUT2D eigenvalue weighted by atomic mass is 10.1. The summed E-state index contributed by atoms with van der Waals surface area (Å²) >= 11 is 0. The number of rotatable bonds is 9. The van der Waals surface area contributed by atoms with Crippen LogP contribution in [0.1, 0.15) is 22.9 Å². The zero-order valence-corrected chi connectivity index (χ0v) is 15.6. The molecule has 0 fully saturated rings. The molecule has 6 nitrogen and oxygen atoms in total. The molecule has 0 aliphatic rings. The van der Waals surface area contributed by atoms with Crippen LogP contribution in [0.3, 0.4) is 0 Å². The van der Waals surface area contributed by atoms with E-state index in [-0.39, 0.29) is 12.3 Å². The van der Waals surface area contributed by atoms with Gasteiger partial charge in [-0.3, -0.25) is 14.8 Å². The predicted octanol–water partition coefficient (Wildman–Crippen LogP) is 2.52. The Labute approximate surface area is 164 Å². The maximum Gasteiger partial charge on any atom is 0.230 e. The SMILES string of the molecule is O=C(Cc1ccccn1)Nc1ccc(CCNCC(O)c2cccnc2)cc1. The Kier molecular flexibility index (Phi) is 7.23. The highest BCUT2D eigenvalue weighted by Crippen LogP contribution is 2.11. The molecule has 1 atom stereocenters. The molecule has 0 spiro atoms. The van der Waals surface area contributed by atoms with Gasteiger partial charge in [-0.25, -0.2) is 0 Å². The number of carbonyl (C=O) groups excluding carboxylic acids is 1. The van der Waals surface area contributed by atoms with E-state index in [1.165, 1.54) is 0 Å². The van der Waals surface area contributed by atoms with Gasteiger partial charge in [-0.2, -0.15) is 0 Å². The number of nitrogens with zero attached hydrogens (tertiary/aromatic N) is 2. The van der Waals surface area contributed by atoms with Crippen LogP contribution in [-0.2, 0) is 17.6 Å². The van der Waals surface area contributed by atoms with Crippen molar-refractivity contribution in [2.24, 2.45) is 0 Å². The van der Waals surface area contributed by atoms with Gasteiger partial charge in [-0.05, 0) is 48.9 Å². The molecule has 1 aromatic carbocycles. The van der Waals surface area contributed by atoms with Crippen molar-refractivity contribution in [2.75, 3.05) is 18.4 Å². The normalized spacial score (nSPS) is 11.8. The molecule has 1 unspecified atom stereocenters. The second-order valence-corrected chi connectivity index (χ2v) is 6.50. The number of carbonyl (C=O) groups is 1. The van der Waals surface area contributed by atoms with Crippen molar-refractivity contribution in [3.05, 3.63) is 90.0 Å². The highest BCUT2D eigenvalue weighted by atomic mass is 16.3. The van der Waals surface area contributed by atoms with E-state index in [0.29, 0.717) is 6.54 Å². The van der Waals surface area contributed by atoms with Crippen molar-refractivity contribution in [1.82, 2.24) is 15.3 Å². The van der Waals surface area contributed by atoms with Crippen LogP contribution in [0, 0.1) is 0 Å². The number of anilines is 1. The topological polar surface area (TPSA) is 87.1 Å². The van der Waals surface area contributed by atoms with E-state index in [9.17, 15) is 9.90 Å². The van der Waals surface area contributed by atoms with E-state index >= 15 is 0 Å². The lowest BCUT2D eigenvalue weighted by Gasteiger charge is -2.12.